The molecule has 1 N–H and O–H groups in total. The molecular weight excluding hydrogens is 176 g/mol. The summed E-state index contributed by atoms with van der Waals surface area (Å²) in [5, 5.41) is 2.33. The lowest BCUT2D eigenvalue weighted by Gasteiger charge is -2.02. The summed E-state index contributed by atoms with van der Waals surface area (Å²) in [6, 6.07) is 3.77. The molecule has 70 valence electrons. The molecule has 0 saturated heterocycles. The van der Waals surface area contributed by atoms with E-state index < -0.39 is 11.6 Å². The van der Waals surface area contributed by atoms with Crippen LogP contribution < -0.4 is 5.32 Å². The van der Waals surface area contributed by atoms with Crippen LogP contribution in [0.3, 0.4) is 0 Å². The van der Waals surface area contributed by atoms with Gasteiger partial charge in [0, 0.05) is 12.6 Å². The quantitative estimate of drug-likeness (QED) is 0.738. The molecule has 0 aliphatic rings. The maximum Gasteiger partial charge on any atom is 0.224 e. The topological polar surface area (TPSA) is 29.1 Å². The first-order valence-corrected chi connectivity index (χ1v) is 3.78. The minimum Gasteiger partial charge on any atom is -0.359 e. The zero-order valence-electron chi connectivity index (χ0n) is 7.10. The second-order valence-electron chi connectivity index (χ2n) is 2.56. The monoisotopic (exact) mass is 185 g/mol. The zero-order valence-corrected chi connectivity index (χ0v) is 7.10. The van der Waals surface area contributed by atoms with E-state index in [0.717, 1.165) is 6.07 Å². The van der Waals surface area contributed by atoms with Crippen molar-refractivity contribution < 1.29 is 13.6 Å². The summed E-state index contributed by atoms with van der Waals surface area (Å²) in [6.45, 7) is 0. The van der Waals surface area contributed by atoms with Crippen molar-refractivity contribution in [3.8, 4) is 0 Å². The summed E-state index contributed by atoms with van der Waals surface area (Å²) >= 11 is 0. The highest BCUT2D eigenvalue weighted by molar-refractivity contribution is 5.78. The Labute approximate surface area is 74.6 Å². The summed E-state index contributed by atoms with van der Waals surface area (Å²) in [6.07, 6.45) is -0.139. The van der Waals surface area contributed by atoms with E-state index in [1.807, 2.05) is 0 Å². The molecule has 0 radical (unpaired) electrons. The third-order valence-electron chi connectivity index (χ3n) is 1.66. The van der Waals surface area contributed by atoms with Gasteiger partial charge in [0.25, 0.3) is 0 Å². The first-order valence-electron chi connectivity index (χ1n) is 3.78. The molecule has 0 aliphatic heterocycles. The molecule has 0 aliphatic carbocycles. The normalized spacial score (nSPS) is 9.77. The Balaban J connectivity index is 2.89. The van der Waals surface area contributed by atoms with Crippen LogP contribution in [0.2, 0.25) is 0 Å². The molecule has 1 rings (SSSR count). The number of nitrogens with one attached hydrogen (secondary N) is 1. The highest BCUT2D eigenvalue weighted by Crippen LogP contribution is 2.11. The lowest BCUT2D eigenvalue weighted by atomic mass is 10.1. The van der Waals surface area contributed by atoms with Crippen molar-refractivity contribution in [2.45, 2.75) is 6.42 Å². The van der Waals surface area contributed by atoms with Crippen LogP contribution in [0.5, 0.6) is 0 Å². The third-order valence-corrected chi connectivity index (χ3v) is 1.66. The van der Waals surface area contributed by atoms with Crippen molar-refractivity contribution in [3.05, 3.63) is 35.4 Å². The fourth-order valence-corrected chi connectivity index (χ4v) is 0.946. The van der Waals surface area contributed by atoms with E-state index in [4.69, 9.17) is 0 Å². The number of rotatable bonds is 2. The Bertz CT molecular complexity index is 325. The summed E-state index contributed by atoms with van der Waals surface area (Å²) in [5.41, 5.74) is 0.0688. The number of benzene rings is 1. The van der Waals surface area contributed by atoms with Gasteiger partial charge in [0.05, 0.1) is 6.42 Å². The number of halogens is 2. The first kappa shape index (κ1) is 9.64. The van der Waals surface area contributed by atoms with Gasteiger partial charge in [-0.15, -0.1) is 0 Å². The molecular formula is C9H9F2NO. The lowest BCUT2D eigenvalue weighted by Crippen LogP contribution is -2.20. The van der Waals surface area contributed by atoms with Gasteiger partial charge in [-0.1, -0.05) is 12.1 Å². The Morgan fingerprint density at radius 1 is 1.46 bits per heavy atom. The maximum atomic E-state index is 12.9. The molecule has 0 aromatic heterocycles. The molecule has 1 amide bonds. The van der Waals surface area contributed by atoms with Crippen molar-refractivity contribution >= 4 is 5.91 Å². The summed E-state index contributed by atoms with van der Waals surface area (Å²) in [5.74, 6) is -2.22. The Hall–Kier alpha value is -1.45. The smallest absolute Gasteiger partial charge is 0.224 e. The fraction of sp³-hybridized carbons (Fsp3) is 0.222. The van der Waals surface area contributed by atoms with Gasteiger partial charge < -0.3 is 5.32 Å². The lowest BCUT2D eigenvalue weighted by molar-refractivity contribution is -0.120. The molecule has 1 aromatic carbocycles. The van der Waals surface area contributed by atoms with Gasteiger partial charge >= 0.3 is 0 Å². The molecule has 0 heterocycles. The van der Waals surface area contributed by atoms with Gasteiger partial charge in [-0.3, -0.25) is 4.79 Å². The van der Waals surface area contributed by atoms with Crippen LogP contribution in [0.15, 0.2) is 18.2 Å². The molecule has 0 unspecified atom stereocenters. The average Bonchev–Trinajstić information content (AvgIpc) is 2.13. The Kier molecular flexibility index (Phi) is 2.95. The van der Waals surface area contributed by atoms with Crippen LogP contribution in [0.25, 0.3) is 0 Å². The van der Waals surface area contributed by atoms with Crippen molar-refractivity contribution in [1.29, 1.82) is 0 Å². The number of amides is 1. The second kappa shape index (κ2) is 3.98. The molecule has 0 bridgehead atoms. The van der Waals surface area contributed by atoms with E-state index in [1.165, 1.54) is 19.2 Å². The molecule has 0 atom stereocenters. The van der Waals surface area contributed by atoms with E-state index in [2.05, 4.69) is 5.32 Å². The van der Waals surface area contributed by atoms with Gasteiger partial charge in [0.2, 0.25) is 5.91 Å². The van der Waals surface area contributed by atoms with Gasteiger partial charge in [0.1, 0.15) is 0 Å². The van der Waals surface area contributed by atoms with Crippen LogP contribution >= 0.6 is 0 Å². The maximum absolute atomic E-state index is 12.9. The number of hydrogen-bond acceptors (Lipinski definition) is 1. The number of hydrogen-bond donors (Lipinski definition) is 1. The largest absolute Gasteiger partial charge is 0.359 e. The molecule has 2 nitrogen and oxygen atoms in total. The zero-order chi connectivity index (χ0) is 9.84. The van der Waals surface area contributed by atoms with Gasteiger partial charge in [-0.05, 0) is 6.07 Å². The SMILES string of the molecule is CNC(=O)Cc1cccc(F)c1F. The Morgan fingerprint density at radius 3 is 2.77 bits per heavy atom. The van der Waals surface area contributed by atoms with Crippen LogP contribution in [0.4, 0.5) is 8.78 Å². The molecule has 1 aromatic rings. The van der Waals surface area contributed by atoms with Crippen molar-refractivity contribution in [1.82, 2.24) is 5.32 Å². The van der Waals surface area contributed by atoms with Gasteiger partial charge in [0.15, 0.2) is 11.6 Å². The van der Waals surface area contributed by atoms with Gasteiger partial charge in [-0.2, -0.15) is 0 Å². The van der Waals surface area contributed by atoms with Crippen molar-refractivity contribution in [3.63, 3.8) is 0 Å². The second-order valence-corrected chi connectivity index (χ2v) is 2.56. The fourth-order valence-electron chi connectivity index (χ4n) is 0.946. The molecule has 13 heavy (non-hydrogen) atoms. The standard InChI is InChI=1S/C9H9F2NO/c1-12-8(13)5-6-3-2-4-7(10)9(6)11/h2-4H,5H2,1H3,(H,12,13). The molecule has 0 fully saturated rings. The van der Waals surface area contributed by atoms with Crippen LogP contribution in [-0.2, 0) is 11.2 Å². The number of likely N-dealkylation sites (N-methyl/N-ethyl adjacent to an activating group) is 1. The van der Waals surface area contributed by atoms with Crippen LogP contribution in [0.1, 0.15) is 5.56 Å². The highest BCUT2D eigenvalue weighted by atomic mass is 19.2. The summed E-state index contributed by atoms with van der Waals surface area (Å²) < 4.78 is 25.6. The first-order chi connectivity index (χ1) is 6.15. The molecule has 4 heteroatoms. The van der Waals surface area contributed by atoms with E-state index in [0.29, 0.717) is 0 Å². The van der Waals surface area contributed by atoms with Crippen molar-refractivity contribution in [2.75, 3.05) is 7.05 Å². The van der Waals surface area contributed by atoms with E-state index in [1.54, 1.807) is 0 Å². The van der Waals surface area contributed by atoms with Crippen LogP contribution in [-0.4, -0.2) is 13.0 Å². The number of carbonyl (C=O) groups is 1. The molecule has 0 saturated carbocycles. The van der Waals surface area contributed by atoms with E-state index in [-0.39, 0.29) is 17.9 Å². The number of carbonyl (C=O) groups excluding carboxylic acids is 1. The predicted molar refractivity (Wildman–Crippen MR) is 44.1 cm³/mol. The van der Waals surface area contributed by atoms with Crippen LogP contribution in [0, 0.1) is 11.6 Å². The van der Waals surface area contributed by atoms with E-state index >= 15 is 0 Å². The molecule has 0 spiro atoms. The Morgan fingerprint density at radius 2 is 2.15 bits per heavy atom. The highest BCUT2D eigenvalue weighted by Gasteiger charge is 2.09. The van der Waals surface area contributed by atoms with Crippen molar-refractivity contribution in [2.24, 2.45) is 0 Å². The van der Waals surface area contributed by atoms with Gasteiger partial charge in [-0.25, -0.2) is 8.78 Å². The third kappa shape index (κ3) is 2.24. The average molecular weight is 185 g/mol. The van der Waals surface area contributed by atoms with E-state index in [9.17, 15) is 13.6 Å². The summed E-state index contributed by atoms with van der Waals surface area (Å²) in [7, 11) is 1.44. The minimum absolute atomic E-state index is 0.0688. The minimum atomic E-state index is -0.953. The predicted octanol–water partition coefficient (Wildman–Crippen LogP) is 1.25. The summed E-state index contributed by atoms with van der Waals surface area (Å²) in [4.78, 5) is 10.8.